The molecule has 20 heavy (non-hydrogen) atoms. The minimum Gasteiger partial charge on any atom is -0.342 e. The summed E-state index contributed by atoms with van der Waals surface area (Å²) in [6.07, 6.45) is 5.75. The Balaban J connectivity index is 2.21. The minimum absolute atomic E-state index is 0.0314. The molecule has 1 aliphatic carbocycles. The lowest BCUT2D eigenvalue weighted by molar-refractivity contribution is -0.155. The smallest absolute Gasteiger partial charge is 0.246 e. The predicted molar refractivity (Wildman–Crippen MR) is 79.1 cm³/mol. The van der Waals surface area contributed by atoms with Gasteiger partial charge >= 0.3 is 0 Å². The van der Waals surface area contributed by atoms with Crippen LogP contribution in [0, 0.1) is 11.8 Å². The first-order valence-corrected chi connectivity index (χ1v) is 8.06. The summed E-state index contributed by atoms with van der Waals surface area (Å²) < 4.78 is 0. The highest BCUT2D eigenvalue weighted by atomic mass is 16.2. The first-order valence-electron chi connectivity index (χ1n) is 8.06. The number of carbonyl (C=O) groups excluding carboxylic acids is 2. The van der Waals surface area contributed by atoms with Gasteiger partial charge in [-0.15, -0.1) is 0 Å². The maximum Gasteiger partial charge on any atom is 0.246 e. The molecule has 4 nitrogen and oxygen atoms in total. The van der Waals surface area contributed by atoms with Crippen molar-refractivity contribution in [1.82, 2.24) is 10.2 Å². The molecule has 0 aromatic rings. The Morgan fingerprint density at radius 2 is 1.65 bits per heavy atom. The van der Waals surface area contributed by atoms with Gasteiger partial charge in [-0.05, 0) is 38.5 Å². The van der Waals surface area contributed by atoms with E-state index in [1.54, 1.807) is 0 Å². The molecule has 0 aromatic heterocycles. The molecular weight excluding hydrogens is 252 g/mol. The van der Waals surface area contributed by atoms with Crippen LogP contribution in [0.5, 0.6) is 0 Å². The maximum absolute atomic E-state index is 12.8. The van der Waals surface area contributed by atoms with Gasteiger partial charge in [0.15, 0.2) is 0 Å². The van der Waals surface area contributed by atoms with Crippen molar-refractivity contribution in [2.24, 2.45) is 11.8 Å². The largest absolute Gasteiger partial charge is 0.342 e. The van der Waals surface area contributed by atoms with Crippen LogP contribution in [0.25, 0.3) is 0 Å². The van der Waals surface area contributed by atoms with E-state index in [4.69, 9.17) is 0 Å². The average molecular weight is 280 g/mol. The Labute approximate surface area is 122 Å². The van der Waals surface area contributed by atoms with Gasteiger partial charge in [0.25, 0.3) is 0 Å². The molecule has 1 N–H and O–H groups in total. The van der Waals surface area contributed by atoms with Crippen molar-refractivity contribution in [3.63, 3.8) is 0 Å². The highest BCUT2D eigenvalue weighted by Gasteiger charge is 2.45. The van der Waals surface area contributed by atoms with E-state index in [0.717, 1.165) is 12.8 Å². The Bertz CT molecular complexity index is 373. The van der Waals surface area contributed by atoms with Crippen LogP contribution >= 0.6 is 0 Å². The van der Waals surface area contributed by atoms with Gasteiger partial charge in [0.2, 0.25) is 11.8 Å². The van der Waals surface area contributed by atoms with Gasteiger partial charge < -0.3 is 10.2 Å². The quantitative estimate of drug-likeness (QED) is 0.862. The summed E-state index contributed by atoms with van der Waals surface area (Å²) in [7, 11) is 0. The van der Waals surface area contributed by atoms with E-state index in [1.807, 2.05) is 32.6 Å². The Morgan fingerprint density at radius 1 is 1.05 bits per heavy atom. The second kappa shape index (κ2) is 6.15. The monoisotopic (exact) mass is 280 g/mol. The van der Waals surface area contributed by atoms with Gasteiger partial charge in [-0.25, -0.2) is 0 Å². The van der Waals surface area contributed by atoms with Crippen molar-refractivity contribution in [3.05, 3.63) is 0 Å². The number of carbonyl (C=O) groups is 2. The van der Waals surface area contributed by atoms with Crippen molar-refractivity contribution in [2.75, 3.05) is 0 Å². The third-order valence-electron chi connectivity index (χ3n) is 4.70. The zero-order valence-corrected chi connectivity index (χ0v) is 13.2. The summed E-state index contributed by atoms with van der Waals surface area (Å²) in [4.78, 5) is 27.1. The SMILES string of the molecule is CC(C)C1C(=O)NC(C2CCCCC2)C(=O)N1C(C)C. The van der Waals surface area contributed by atoms with Gasteiger partial charge in [-0.3, -0.25) is 9.59 Å². The third-order valence-corrected chi connectivity index (χ3v) is 4.70. The van der Waals surface area contributed by atoms with Crippen LogP contribution in [0.1, 0.15) is 59.8 Å². The molecule has 0 radical (unpaired) electrons. The van der Waals surface area contributed by atoms with Crippen molar-refractivity contribution < 1.29 is 9.59 Å². The van der Waals surface area contributed by atoms with Crippen LogP contribution in [-0.4, -0.2) is 34.8 Å². The molecule has 2 fully saturated rings. The molecule has 4 heteroatoms. The van der Waals surface area contributed by atoms with E-state index < -0.39 is 0 Å². The molecule has 1 saturated carbocycles. The fourth-order valence-corrected chi connectivity index (χ4v) is 3.71. The molecular formula is C16H28N2O2. The van der Waals surface area contributed by atoms with Crippen LogP contribution in [-0.2, 0) is 9.59 Å². The maximum atomic E-state index is 12.8. The van der Waals surface area contributed by atoms with Gasteiger partial charge in [0.05, 0.1) is 0 Å². The van der Waals surface area contributed by atoms with Crippen molar-refractivity contribution in [2.45, 2.75) is 77.9 Å². The Hall–Kier alpha value is -1.06. The summed E-state index contributed by atoms with van der Waals surface area (Å²) in [6, 6.07) is -0.533. The zero-order valence-electron chi connectivity index (χ0n) is 13.2. The fourth-order valence-electron chi connectivity index (χ4n) is 3.71. The molecule has 2 atom stereocenters. The molecule has 1 aliphatic heterocycles. The van der Waals surface area contributed by atoms with Crippen LogP contribution < -0.4 is 5.32 Å². The van der Waals surface area contributed by atoms with E-state index in [1.165, 1.54) is 19.3 Å². The first kappa shape index (κ1) is 15.3. The number of rotatable bonds is 3. The van der Waals surface area contributed by atoms with Crippen LogP contribution in [0.15, 0.2) is 0 Å². The Morgan fingerprint density at radius 3 is 2.15 bits per heavy atom. The van der Waals surface area contributed by atoms with Crippen LogP contribution in [0.4, 0.5) is 0 Å². The third kappa shape index (κ3) is 2.84. The van der Waals surface area contributed by atoms with Crippen molar-refractivity contribution >= 4 is 11.8 Å². The molecule has 2 amide bonds. The highest BCUT2D eigenvalue weighted by Crippen LogP contribution is 2.31. The van der Waals surface area contributed by atoms with E-state index in [-0.39, 0.29) is 35.9 Å². The fraction of sp³-hybridized carbons (Fsp3) is 0.875. The number of amides is 2. The lowest BCUT2D eigenvalue weighted by Gasteiger charge is -2.45. The normalized spacial score (nSPS) is 29.2. The summed E-state index contributed by atoms with van der Waals surface area (Å²) in [6.45, 7) is 8.02. The second-order valence-electron chi connectivity index (χ2n) is 6.91. The lowest BCUT2D eigenvalue weighted by atomic mass is 9.81. The minimum atomic E-state index is -0.317. The lowest BCUT2D eigenvalue weighted by Crippen LogP contribution is -2.68. The predicted octanol–water partition coefficient (Wildman–Crippen LogP) is 2.33. The summed E-state index contributed by atoms with van der Waals surface area (Å²) in [5, 5.41) is 3.02. The van der Waals surface area contributed by atoms with Gasteiger partial charge in [0, 0.05) is 6.04 Å². The summed E-state index contributed by atoms with van der Waals surface area (Å²) in [5.41, 5.74) is 0. The summed E-state index contributed by atoms with van der Waals surface area (Å²) in [5.74, 6) is 0.636. The zero-order chi connectivity index (χ0) is 14.9. The number of hydrogen-bond acceptors (Lipinski definition) is 2. The van der Waals surface area contributed by atoms with Gasteiger partial charge in [0.1, 0.15) is 12.1 Å². The Kier molecular flexibility index (Phi) is 4.71. The highest BCUT2D eigenvalue weighted by molar-refractivity contribution is 5.97. The second-order valence-corrected chi connectivity index (χ2v) is 6.91. The van der Waals surface area contributed by atoms with Crippen LogP contribution in [0.2, 0.25) is 0 Å². The average Bonchev–Trinajstić information content (AvgIpc) is 2.40. The van der Waals surface area contributed by atoms with E-state index in [9.17, 15) is 9.59 Å². The summed E-state index contributed by atoms with van der Waals surface area (Å²) >= 11 is 0. The molecule has 114 valence electrons. The molecule has 0 spiro atoms. The molecule has 0 bridgehead atoms. The van der Waals surface area contributed by atoms with Gasteiger partial charge in [-0.1, -0.05) is 33.1 Å². The number of nitrogens with one attached hydrogen (secondary N) is 1. The number of piperazine rings is 1. The van der Waals surface area contributed by atoms with Gasteiger partial charge in [-0.2, -0.15) is 0 Å². The molecule has 2 unspecified atom stereocenters. The van der Waals surface area contributed by atoms with Crippen LogP contribution in [0.3, 0.4) is 0 Å². The van der Waals surface area contributed by atoms with E-state index in [0.29, 0.717) is 5.92 Å². The van der Waals surface area contributed by atoms with E-state index >= 15 is 0 Å². The molecule has 2 aliphatic rings. The molecule has 1 heterocycles. The topological polar surface area (TPSA) is 49.4 Å². The van der Waals surface area contributed by atoms with E-state index in [2.05, 4.69) is 5.32 Å². The molecule has 0 aromatic carbocycles. The molecule has 1 saturated heterocycles. The van der Waals surface area contributed by atoms with Crippen molar-refractivity contribution in [1.29, 1.82) is 0 Å². The number of nitrogens with zero attached hydrogens (tertiary/aromatic N) is 1. The van der Waals surface area contributed by atoms with Crippen molar-refractivity contribution in [3.8, 4) is 0 Å². The molecule has 2 rings (SSSR count). The number of hydrogen-bond donors (Lipinski definition) is 1. The first-order chi connectivity index (χ1) is 9.43. The standard InChI is InChI=1S/C16H28N2O2/c1-10(2)14-15(19)17-13(12-8-6-5-7-9-12)16(20)18(14)11(3)4/h10-14H,5-9H2,1-4H3,(H,17,19).